The molecule has 0 bridgehead atoms. The van der Waals surface area contributed by atoms with E-state index in [1.807, 2.05) is 6.07 Å². The maximum Gasteiger partial charge on any atom is 0.321 e. The Hall–Kier alpha value is -1.88. The first kappa shape index (κ1) is 16.6. The number of esters is 1. The molecule has 1 aliphatic heterocycles. The number of amides is 1. The van der Waals surface area contributed by atoms with Gasteiger partial charge in [-0.3, -0.25) is 14.5 Å². The van der Waals surface area contributed by atoms with Crippen molar-refractivity contribution in [3.63, 3.8) is 0 Å². The summed E-state index contributed by atoms with van der Waals surface area (Å²) >= 11 is 0. The second-order valence-corrected chi connectivity index (χ2v) is 7.83. The highest BCUT2D eigenvalue weighted by Crippen LogP contribution is 2.48. The zero-order chi connectivity index (χ0) is 17.4. The number of benzene rings is 1. The van der Waals surface area contributed by atoms with E-state index in [1.54, 1.807) is 0 Å². The van der Waals surface area contributed by atoms with Crippen LogP contribution < -0.4 is 5.32 Å². The van der Waals surface area contributed by atoms with Crippen LogP contribution in [0.2, 0.25) is 0 Å². The van der Waals surface area contributed by atoms with Crippen molar-refractivity contribution >= 4 is 11.9 Å². The molecule has 4 rings (SSSR count). The van der Waals surface area contributed by atoms with Gasteiger partial charge in [0.2, 0.25) is 5.91 Å². The van der Waals surface area contributed by atoms with Crippen molar-refractivity contribution in [2.24, 2.45) is 17.3 Å². The highest BCUT2D eigenvalue weighted by Gasteiger charge is 2.58. The molecule has 1 amide bonds. The lowest BCUT2D eigenvalue weighted by atomic mass is 9.97. The second kappa shape index (κ2) is 6.45. The Kier molecular flexibility index (Phi) is 4.28. The molecule has 2 saturated carbocycles. The highest BCUT2D eigenvalue weighted by atomic mass is 16.5. The average Bonchev–Trinajstić information content (AvgIpc) is 3.24. The molecule has 3 fully saturated rings. The molecule has 1 aromatic carbocycles. The van der Waals surface area contributed by atoms with Gasteiger partial charge in [-0.15, -0.1) is 0 Å². The predicted octanol–water partition coefficient (Wildman–Crippen LogP) is 1.97. The summed E-state index contributed by atoms with van der Waals surface area (Å²) in [4.78, 5) is 27.0. The van der Waals surface area contributed by atoms with E-state index in [9.17, 15) is 9.59 Å². The van der Waals surface area contributed by atoms with Crippen molar-refractivity contribution in [1.82, 2.24) is 10.2 Å². The Labute approximate surface area is 148 Å². The molecule has 1 aromatic rings. The summed E-state index contributed by atoms with van der Waals surface area (Å²) in [5, 5.41) is 3.19. The van der Waals surface area contributed by atoms with E-state index in [1.165, 1.54) is 12.7 Å². The standard InChI is InChI=1S/C20H26N2O3/c1-25-19(24)20(9-10-20)18(23)21-17-8-7-15-12-22(13-16(15)17)11-14-5-3-2-4-6-14/h2-6,15-17H,7-13H2,1H3,(H,21,23). The number of ether oxygens (including phenoxy) is 1. The molecule has 1 N–H and O–H groups in total. The largest absolute Gasteiger partial charge is 0.468 e. The van der Waals surface area contributed by atoms with Crippen molar-refractivity contribution in [2.45, 2.75) is 38.3 Å². The fourth-order valence-corrected chi connectivity index (χ4v) is 4.66. The number of hydrogen-bond donors (Lipinski definition) is 1. The number of methoxy groups -OCH3 is 1. The number of carbonyl (C=O) groups excluding carboxylic acids is 2. The maximum absolute atomic E-state index is 12.6. The fourth-order valence-electron chi connectivity index (χ4n) is 4.66. The van der Waals surface area contributed by atoms with E-state index in [2.05, 4.69) is 34.5 Å². The fraction of sp³-hybridized carbons (Fsp3) is 0.600. The van der Waals surface area contributed by atoms with Crippen LogP contribution in [0.4, 0.5) is 0 Å². The molecule has 25 heavy (non-hydrogen) atoms. The topological polar surface area (TPSA) is 58.6 Å². The second-order valence-electron chi connectivity index (χ2n) is 7.83. The van der Waals surface area contributed by atoms with E-state index in [-0.39, 0.29) is 17.9 Å². The quantitative estimate of drug-likeness (QED) is 0.656. The Bertz CT molecular complexity index is 656. The first-order chi connectivity index (χ1) is 12.1. The van der Waals surface area contributed by atoms with Crippen LogP contribution in [0.5, 0.6) is 0 Å². The van der Waals surface area contributed by atoms with Crippen LogP contribution in [0.15, 0.2) is 30.3 Å². The average molecular weight is 342 g/mol. The smallest absolute Gasteiger partial charge is 0.321 e. The molecule has 1 saturated heterocycles. The molecule has 1 heterocycles. The highest BCUT2D eigenvalue weighted by molar-refractivity contribution is 6.05. The Morgan fingerprint density at radius 2 is 1.96 bits per heavy atom. The van der Waals surface area contributed by atoms with E-state index < -0.39 is 5.41 Å². The van der Waals surface area contributed by atoms with Gasteiger partial charge in [0.1, 0.15) is 5.41 Å². The van der Waals surface area contributed by atoms with Gasteiger partial charge in [-0.25, -0.2) is 0 Å². The molecule has 134 valence electrons. The van der Waals surface area contributed by atoms with Gasteiger partial charge in [-0.2, -0.15) is 0 Å². The van der Waals surface area contributed by atoms with Gasteiger partial charge in [0, 0.05) is 25.7 Å². The van der Waals surface area contributed by atoms with Crippen molar-refractivity contribution in [1.29, 1.82) is 0 Å². The minimum Gasteiger partial charge on any atom is -0.468 e. The van der Waals surface area contributed by atoms with E-state index in [4.69, 9.17) is 4.74 Å². The van der Waals surface area contributed by atoms with E-state index in [0.29, 0.717) is 24.7 Å². The molecule has 3 unspecified atom stereocenters. The molecule has 3 atom stereocenters. The number of fused-ring (bicyclic) bond motifs is 1. The van der Waals surface area contributed by atoms with Crippen LogP contribution in [-0.4, -0.2) is 43.0 Å². The van der Waals surface area contributed by atoms with Gasteiger partial charge in [0.15, 0.2) is 0 Å². The number of hydrogen-bond acceptors (Lipinski definition) is 4. The summed E-state index contributed by atoms with van der Waals surface area (Å²) in [6.45, 7) is 3.10. The lowest BCUT2D eigenvalue weighted by Crippen LogP contribution is -2.45. The lowest BCUT2D eigenvalue weighted by molar-refractivity contribution is -0.152. The van der Waals surface area contributed by atoms with Gasteiger partial charge in [-0.05, 0) is 43.1 Å². The summed E-state index contributed by atoms with van der Waals surface area (Å²) < 4.78 is 4.83. The van der Waals surface area contributed by atoms with E-state index in [0.717, 1.165) is 32.5 Å². The Morgan fingerprint density at radius 1 is 1.20 bits per heavy atom. The molecule has 2 aliphatic carbocycles. The molecular weight excluding hydrogens is 316 g/mol. The SMILES string of the molecule is COC(=O)C1(C(=O)NC2CCC3CN(Cc4ccccc4)CC32)CC1. The summed E-state index contributed by atoms with van der Waals surface area (Å²) in [6, 6.07) is 10.7. The number of rotatable bonds is 5. The molecule has 0 radical (unpaired) electrons. The van der Waals surface area contributed by atoms with Crippen LogP contribution in [-0.2, 0) is 20.9 Å². The third-order valence-electron chi connectivity index (χ3n) is 6.26. The summed E-state index contributed by atoms with van der Waals surface area (Å²) in [7, 11) is 1.36. The van der Waals surface area contributed by atoms with E-state index >= 15 is 0 Å². The summed E-state index contributed by atoms with van der Waals surface area (Å²) in [5.41, 5.74) is 0.445. The Morgan fingerprint density at radius 3 is 2.64 bits per heavy atom. The minimum atomic E-state index is -0.894. The summed E-state index contributed by atoms with van der Waals surface area (Å²) in [5.74, 6) is 0.659. The maximum atomic E-state index is 12.6. The van der Waals surface area contributed by atoms with Crippen molar-refractivity contribution in [3.8, 4) is 0 Å². The van der Waals surface area contributed by atoms with Gasteiger partial charge in [-0.1, -0.05) is 30.3 Å². The first-order valence-electron chi connectivity index (χ1n) is 9.28. The molecule has 0 aromatic heterocycles. The lowest BCUT2D eigenvalue weighted by Gasteiger charge is -2.23. The van der Waals surface area contributed by atoms with Gasteiger partial charge in [0.25, 0.3) is 0 Å². The van der Waals surface area contributed by atoms with Crippen LogP contribution in [0.25, 0.3) is 0 Å². The minimum absolute atomic E-state index is 0.119. The summed E-state index contributed by atoms with van der Waals surface area (Å²) in [6.07, 6.45) is 3.42. The zero-order valence-corrected chi connectivity index (χ0v) is 14.7. The number of nitrogens with zero attached hydrogens (tertiary/aromatic N) is 1. The molecule has 0 spiro atoms. The van der Waals surface area contributed by atoms with Crippen molar-refractivity contribution < 1.29 is 14.3 Å². The van der Waals surface area contributed by atoms with Crippen molar-refractivity contribution in [2.75, 3.05) is 20.2 Å². The van der Waals surface area contributed by atoms with Crippen LogP contribution in [0.3, 0.4) is 0 Å². The molecule has 3 aliphatic rings. The van der Waals surface area contributed by atoms with Crippen molar-refractivity contribution in [3.05, 3.63) is 35.9 Å². The third-order valence-corrected chi connectivity index (χ3v) is 6.26. The molecule has 5 nitrogen and oxygen atoms in total. The van der Waals surface area contributed by atoms with Crippen LogP contribution in [0, 0.1) is 17.3 Å². The molecule has 5 heteroatoms. The zero-order valence-electron chi connectivity index (χ0n) is 14.7. The molecular formula is C20H26N2O3. The Balaban J connectivity index is 1.36. The predicted molar refractivity (Wildman–Crippen MR) is 93.5 cm³/mol. The van der Waals surface area contributed by atoms with Gasteiger partial charge in [0.05, 0.1) is 7.11 Å². The monoisotopic (exact) mass is 342 g/mol. The first-order valence-corrected chi connectivity index (χ1v) is 9.28. The third kappa shape index (κ3) is 3.06. The van der Waals surface area contributed by atoms with Gasteiger partial charge >= 0.3 is 5.97 Å². The number of carbonyl (C=O) groups is 2. The number of nitrogens with one attached hydrogen (secondary N) is 1. The normalized spacial score (nSPS) is 29.9. The van der Waals surface area contributed by atoms with Gasteiger partial charge < -0.3 is 10.1 Å². The van der Waals surface area contributed by atoms with Crippen LogP contribution >= 0.6 is 0 Å². The van der Waals surface area contributed by atoms with Crippen LogP contribution in [0.1, 0.15) is 31.2 Å². The number of likely N-dealkylation sites (tertiary alicyclic amines) is 1.